The zero-order valence-electron chi connectivity index (χ0n) is 10.4. The van der Waals surface area contributed by atoms with Crippen LogP contribution in [-0.2, 0) is 0 Å². The zero-order valence-corrected chi connectivity index (χ0v) is 10.4. The molecule has 0 aromatic heterocycles. The van der Waals surface area contributed by atoms with Crippen LogP contribution in [-0.4, -0.2) is 17.6 Å². The van der Waals surface area contributed by atoms with Crippen LogP contribution in [0.5, 0.6) is 0 Å². The number of aromatic carboxylic acids is 1. The molecule has 0 amide bonds. The van der Waals surface area contributed by atoms with E-state index < -0.39 is 5.97 Å². The van der Waals surface area contributed by atoms with Crippen LogP contribution in [0.15, 0.2) is 18.2 Å². The van der Waals surface area contributed by atoms with E-state index >= 15 is 0 Å². The van der Waals surface area contributed by atoms with Gasteiger partial charge in [0.15, 0.2) is 0 Å². The number of anilines is 2. The molecule has 0 radical (unpaired) electrons. The molecule has 0 saturated carbocycles. The number of hydrogen-bond acceptors (Lipinski definition) is 3. The SMILES string of the molecule is CC(C)CCCNc1ccc(C(=O)O)cc1N. The van der Waals surface area contributed by atoms with Crippen LogP contribution in [0.25, 0.3) is 0 Å². The van der Waals surface area contributed by atoms with Gasteiger partial charge < -0.3 is 16.2 Å². The molecule has 4 heteroatoms. The Hall–Kier alpha value is -1.71. The van der Waals surface area contributed by atoms with Crippen molar-refractivity contribution in [2.75, 3.05) is 17.6 Å². The van der Waals surface area contributed by atoms with E-state index in [0.29, 0.717) is 11.6 Å². The summed E-state index contributed by atoms with van der Waals surface area (Å²) >= 11 is 0. The van der Waals surface area contributed by atoms with Gasteiger partial charge in [-0.05, 0) is 37.0 Å². The van der Waals surface area contributed by atoms with Crippen LogP contribution < -0.4 is 11.1 Å². The first-order valence-corrected chi connectivity index (χ1v) is 5.87. The lowest BCUT2D eigenvalue weighted by Crippen LogP contribution is -2.06. The van der Waals surface area contributed by atoms with E-state index in [-0.39, 0.29) is 5.56 Å². The Balaban J connectivity index is 2.52. The molecule has 0 fully saturated rings. The molecule has 0 spiro atoms. The number of hydrogen-bond donors (Lipinski definition) is 3. The summed E-state index contributed by atoms with van der Waals surface area (Å²) in [4.78, 5) is 10.7. The predicted octanol–water partition coefficient (Wildman–Crippen LogP) is 2.82. The van der Waals surface area contributed by atoms with Gasteiger partial charge >= 0.3 is 5.97 Å². The van der Waals surface area contributed by atoms with E-state index in [0.717, 1.165) is 18.7 Å². The number of nitrogen functional groups attached to an aromatic ring is 1. The van der Waals surface area contributed by atoms with E-state index in [1.54, 1.807) is 12.1 Å². The first-order chi connectivity index (χ1) is 8.00. The summed E-state index contributed by atoms with van der Waals surface area (Å²) in [5.41, 5.74) is 7.28. The Labute approximate surface area is 102 Å². The zero-order chi connectivity index (χ0) is 12.8. The molecule has 0 saturated heterocycles. The van der Waals surface area contributed by atoms with Crippen LogP contribution in [0.4, 0.5) is 11.4 Å². The highest BCUT2D eigenvalue weighted by Crippen LogP contribution is 2.20. The van der Waals surface area contributed by atoms with Crippen LogP contribution in [0.2, 0.25) is 0 Å². The number of rotatable bonds is 6. The van der Waals surface area contributed by atoms with Gasteiger partial charge in [-0.3, -0.25) is 0 Å². The summed E-state index contributed by atoms with van der Waals surface area (Å²) in [6.07, 6.45) is 2.25. The molecule has 0 atom stereocenters. The summed E-state index contributed by atoms with van der Waals surface area (Å²) in [6.45, 7) is 5.24. The third-order valence-electron chi connectivity index (χ3n) is 2.57. The second-order valence-electron chi connectivity index (χ2n) is 4.57. The second-order valence-corrected chi connectivity index (χ2v) is 4.57. The molecule has 94 valence electrons. The van der Waals surface area contributed by atoms with Crippen molar-refractivity contribution in [3.05, 3.63) is 23.8 Å². The van der Waals surface area contributed by atoms with Gasteiger partial charge in [0, 0.05) is 6.54 Å². The van der Waals surface area contributed by atoms with Crippen molar-refractivity contribution in [1.82, 2.24) is 0 Å². The highest BCUT2D eigenvalue weighted by molar-refractivity contribution is 5.90. The van der Waals surface area contributed by atoms with Crippen molar-refractivity contribution in [2.24, 2.45) is 5.92 Å². The molecule has 0 bridgehead atoms. The minimum Gasteiger partial charge on any atom is -0.478 e. The van der Waals surface area contributed by atoms with Gasteiger partial charge in [0.05, 0.1) is 16.9 Å². The molecule has 1 rings (SSSR count). The fourth-order valence-electron chi connectivity index (χ4n) is 1.59. The monoisotopic (exact) mass is 236 g/mol. The van der Waals surface area contributed by atoms with E-state index in [4.69, 9.17) is 10.8 Å². The third-order valence-corrected chi connectivity index (χ3v) is 2.57. The average molecular weight is 236 g/mol. The van der Waals surface area contributed by atoms with Gasteiger partial charge in [0.25, 0.3) is 0 Å². The van der Waals surface area contributed by atoms with Crippen molar-refractivity contribution in [2.45, 2.75) is 26.7 Å². The van der Waals surface area contributed by atoms with E-state index in [1.165, 1.54) is 12.5 Å². The molecule has 0 aliphatic heterocycles. The van der Waals surface area contributed by atoms with Crippen molar-refractivity contribution in [1.29, 1.82) is 0 Å². The lowest BCUT2D eigenvalue weighted by Gasteiger charge is -2.10. The van der Waals surface area contributed by atoms with Crippen LogP contribution in [0.3, 0.4) is 0 Å². The molecule has 4 nitrogen and oxygen atoms in total. The minimum atomic E-state index is -0.956. The summed E-state index contributed by atoms with van der Waals surface area (Å²) in [7, 11) is 0. The number of carboxylic acid groups (broad SMARTS) is 1. The lowest BCUT2D eigenvalue weighted by molar-refractivity contribution is 0.0697. The molecular weight excluding hydrogens is 216 g/mol. The molecule has 0 aliphatic rings. The molecule has 0 unspecified atom stereocenters. The van der Waals surface area contributed by atoms with Gasteiger partial charge in [-0.15, -0.1) is 0 Å². The van der Waals surface area contributed by atoms with E-state index in [9.17, 15) is 4.79 Å². The second kappa shape index (κ2) is 6.13. The smallest absolute Gasteiger partial charge is 0.335 e. The fraction of sp³-hybridized carbons (Fsp3) is 0.462. The van der Waals surface area contributed by atoms with Gasteiger partial charge in [-0.2, -0.15) is 0 Å². The number of nitrogens with two attached hydrogens (primary N) is 1. The minimum absolute atomic E-state index is 0.218. The summed E-state index contributed by atoms with van der Waals surface area (Å²) in [6, 6.07) is 4.75. The number of nitrogens with one attached hydrogen (secondary N) is 1. The number of benzene rings is 1. The Morgan fingerprint density at radius 3 is 2.71 bits per heavy atom. The normalized spacial score (nSPS) is 10.5. The summed E-state index contributed by atoms with van der Waals surface area (Å²) in [5, 5.41) is 12.0. The van der Waals surface area contributed by atoms with Crippen molar-refractivity contribution < 1.29 is 9.90 Å². The van der Waals surface area contributed by atoms with Gasteiger partial charge in [0.2, 0.25) is 0 Å². The van der Waals surface area contributed by atoms with E-state index in [1.807, 2.05) is 0 Å². The van der Waals surface area contributed by atoms with Gasteiger partial charge in [-0.25, -0.2) is 4.79 Å². The third kappa shape index (κ3) is 4.34. The molecule has 1 aromatic carbocycles. The maximum absolute atomic E-state index is 10.7. The van der Waals surface area contributed by atoms with Crippen LogP contribution in [0.1, 0.15) is 37.0 Å². The molecule has 1 aromatic rings. The van der Waals surface area contributed by atoms with Crippen molar-refractivity contribution >= 4 is 17.3 Å². The quantitative estimate of drug-likeness (QED) is 0.524. The topological polar surface area (TPSA) is 75.3 Å². The maximum Gasteiger partial charge on any atom is 0.335 e. The van der Waals surface area contributed by atoms with Gasteiger partial charge in [0.1, 0.15) is 0 Å². The van der Waals surface area contributed by atoms with Crippen molar-refractivity contribution in [3.8, 4) is 0 Å². The molecule has 0 aliphatic carbocycles. The Kier molecular flexibility index (Phi) is 4.82. The Morgan fingerprint density at radius 1 is 1.47 bits per heavy atom. The summed E-state index contributed by atoms with van der Waals surface area (Å²) in [5.74, 6) is -0.258. The highest BCUT2D eigenvalue weighted by Gasteiger charge is 2.05. The van der Waals surface area contributed by atoms with Crippen LogP contribution in [0, 0.1) is 5.92 Å². The number of carbonyl (C=O) groups is 1. The molecular formula is C13H20N2O2. The standard InChI is InChI=1S/C13H20N2O2/c1-9(2)4-3-7-15-12-6-5-10(13(16)17)8-11(12)14/h5-6,8-9,15H,3-4,7,14H2,1-2H3,(H,16,17). The highest BCUT2D eigenvalue weighted by atomic mass is 16.4. The maximum atomic E-state index is 10.7. The molecule has 17 heavy (non-hydrogen) atoms. The van der Waals surface area contributed by atoms with Crippen molar-refractivity contribution in [3.63, 3.8) is 0 Å². The predicted molar refractivity (Wildman–Crippen MR) is 70.4 cm³/mol. The number of carboxylic acids is 1. The average Bonchev–Trinajstić information content (AvgIpc) is 2.25. The first-order valence-electron chi connectivity index (χ1n) is 5.87. The summed E-state index contributed by atoms with van der Waals surface area (Å²) < 4.78 is 0. The van der Waals surface area contributed by atoms with Crippen LogP contribution >= 0.6 is 0 Å². The molecule has 4 N–H and O–H groups in total. The first kappa shape index (κ1) is 13.4. The van der Waals surface area contributed by atoms with Gasteiger partial charge in [-0.1, -0.05) is 13.8 Å². The Morgan fingerprint density at radius 2 is 2.18 bits per heavy atom. The fourth-order valence-corrected chi connectivity index (χ4v) is 1.59. The lowest BCUT2D eigenvalue weighted by atomic mass is 10.1. The Bertz CT molecular complexity index is 389. The molecule has 0 heterocycles. The largest absolute Gasteiger partial charge is 0.478 e. The van der Waals surface area contributed by atoms with E-state index in [2.05, 4.69) is 19.2 Å².